The van der Waals surface area contributed by atoms with Gasteiger partial charge in [-0.15, -0.1) is 0 Å². The van der Waals surface area contributed by atoms with E-state index in [0.717, 1.165) is 95.0 Å². The number of fused-ring (bicyclic) bond motifs is 9. The Kier molecular flexibility index (Phi) is 10.1. The van der Waals surface area contributed by atoms with E-state index in [4.69, 9.17) is 0 Å². The van der Waals surface area contributed by atoms with Crippen LogP contribution in [0.4, 0.5) is 34.6 Å². The Morgan fingerprint density at radius 3 is 1.19 bits per heavy atom. The number of benzene rings is 10. The highest BCUT2D eigenvalue weighted by Crippen LogP contribution is 2.61. The third kappa shape index (κ3) is 6.22. The van der Waals surface area contributed by atoms with E-state index in [-0.39, 0.29) is 0 Å². The first-order chi connectivity index (χ1) is 36.0. The van der Waals surface area contributed by atoms with Crippen LogP contribution in [0, 0.1) is 23.3 Å². The Morgan fingerprint density at radius 1 is 0.351 bits per heavy atom. The fraction of sp³-hybridized carbons (Fsp3) is 0.0725. The predicted molar refractivity (Wildman–Crippen MR) is 293 cm³/mol. The van der Waals surface area contributed by atoms with Crippen molar-refractivity contribution in [3.05, 3.63) is 316 Å². The minimum Gasteiger partial charge on any atom is -0.310 e. The van der Waals surface area contributed by atoms with Crippen LogP contribution in [-0.4, -0.2) is 0 Å². The molecule has 0 saturated heterocycles. The smallest absolute Gasteiger partial charge is 0.159 e. The van der Waals surface area contributed by atoms with E-state index in [9.17, 15) is 0 Å². The van der Waals surface area contributed by atoms with Crippen LogP contribution in [0.3, 0.4) is 0 Å². The van der Waals surface area contributed by atoms with E-state index in [1.807, 2.05) is 48.5 Å². The topological polar surface area (TPSA) is 3.24 Å². The number of anilines is 3. The van der Waals surface area contributed by atoms with Gasteiger partial charge in [0, 0.05) is 16.8 Å². The Morgan fingerprint density at radius 2 is 0.743 bits per heavy atom. The van der Waals surface area contributed by atoms with Crippen molar-refractivity contribution in [2.45, 2.75) is 30.1 Å². The van der Waals surface area contributed by atoms with Crippen LogP contribution in [0.5, 0.6) is 0 Å². The second-order valence-electron chi connectivity index (χ2n) is 20.2. The summed E-state index contributed by atoms with van der Waals surface area (Å²) in [4.78, 5) is 2.33. The average Bonchev–Trinajstić information content (AvgIpc) is 4.00. The molecule has 0 bridgehead atoms. The molecule has 74 heavy (non-hydrogen) atoms. The second-order valence-corrected chi connectivity index (χ2v) is 20.2. The van der Waals surface area contributed by atoms with Crippen molar-refractivity contribution in [2.24, 2.45) is 0 Å². The van der Waals surface area contributed by atoms with E-state index >= 15 is 17.6 Å². The van der Waals surface area contributed by atoms with Gasteiger partial charge in [0.1, 0.15) is 0 Å². The van der Waals surface area contributed by atoms with E-state index < -0.39 is 39.5 Å². The average molecular weight is 966 g/mol. The zero-order valence-electron chi connectivity index (χ0n) is 40.7. The normalized spacial score (nSPS) is 17.1. The molecular weight excluding hydrogens is 919 g/mol. The minimum atomic E-state index is -1.09. The van der Waals surface area contributed by atoms with Gasteiger partial charge in [-0.25, -0.2) is 17.6 Å². The third-order valence-corrected chi connectivity index (χ3v) is 16.2. The maximum atomic E-state index is 15.9. The van der Waals surface area contributed by atoms with Crippen LogP contribution < -0.4 is 4.90 Å². The Balaban J connectivity index is 1.13. The minimum absolute atomic E-state index is 0.439. The zero-order chi connectivity index (χ0) is 50.7. The van der Waals surface area contributed by atoms with Crippen LogP contribution >= 0.6 is 0 Å². The zero-order valence-corrected chi connectivity index (χ0v) is 40.7. The maximum absolute atomic E-state index is 15.9. The number of hydrogen-bond donors (Lipinski definition) is 0. The third-order valence-electron chi connectivity index (χ3n) is 16.2. The summed E-state index contributed by atoms with van der Waals surface area (Å²) in [5, 5.41) is 0. The van der Waals surface area contributed by atoms with Crippen molar-refractivity contribution in [2.75, 3.05) is 4.90 Å². The molecule has 0 radical (unpaired) electrons. The molecule has 356 valence electrons. The molecule has 2 atom stereocenters. The molecular formula is C69H47F4N. The molecule has 0 heterocycles. The highest BCUT2D eigenvalue weighted by molar-refractivity contribution is 5.95. The Hall–Kier alpha value is -8.80. The molecule has 3 aliphatic rings. The SMILES string of the molecule is C=Cc1ccc(C2(c3ccc(F)c(F)c3)c3ccccc3-c3ccc(N(c4ccc5c(c4)C(c4ccc(C=C)cc4)(c4ccc(F)c(F)c4)c4ccccc4-5)c4cccc5c4C(C)(C)c4ccccc4-5)cc32)cc1. The van der Waals surface area contributed by atoms with Gasteiger partial charge in [-0.3, -0.25) is 0 Å². The summed E-state index contributed by atoms with van der Waals surface area (Å²) >= 11 is 0. The Labute approximate surface area is 428 Å². The summed E-state index contributed by atoms with van der Waals surface area (Å²) in [6, 6.07) is 69.5. The molecule has 10 aromatic carbocycles. The van der Waals surface area contributed by atoms with Crippen molar-refractivity contribution in [1.82, 2.24) is 0 Å². The number of hydrogen-bond acceptors (Lipinski definition) is 1. The summed E-state index contributed by atoms with van der Waals surface area (Å²) in [5.74, 6) is -3.71. The van der Waals surface area contributed by atoms with Crippen molar-refractivity contribution in [3.63, 3.8) is 0 Å². The molecule has 13 rings (SSSR count). The maximum Gasteiger partial charge on any atom is 0.159 e. The molecule has 1 nitrogen and oxygen atoms in total. The molecule has 0 saturated carbocycles. The lowest BCUT2D eigenvalue weighted by molar-refractivity contribution is 0.505. The first kappa shape index (κ1) is 45.1. The van der Waals surface area contributed by atoms with Crippen LogP contribution in [0.25, 0.3) is 45.5 Å². The lowest BCUT2D eigenvalue weighted by Gasteiger charge is -2.37. The number of halogens is 4. The first-order valence-corrected chi connectivity index (χ1v) is 24.9. The monoisotopic (exact) mass is 965 g/mol. The summed E-state index contributed by atoms with van der Waals surface area (Å²) in [5.41, 5.74) is 17.1. The van der Waals surface area contributed by atoms with Crippen molar-refractivity contribution in [3.8, 4) is 33.4 Å². The van der Waals surface area contributed by atoms with Crippen molar-refractivity contribution >= 4 is 29.2 Å². The standard InChI is InChI=1S/C69H47F4N/c1-5-42-22-26-44(27-23-42)68(46-30-36-61(70)63(72)38-46)57-19-11-8-14-50(57)53-34-32-48(40-59(53)68)74(65-21-13-17-55-52-16-7-10-18-56(52)67(3,4)66(55)65)49-33-35-54-51-15-9-12-20-58(51)69(60(54)41-49,45-28-24-43(6-2)25-29-45)47-31-37-62(71)64(73)39-47/h5-41H,1-2H2,3-4H3. The van der Waals surface area contributed by atoms with Gasteiger partial charge < -0.3 is 4.90 Å². The molecule has 2 unspecified atom stereocenters. The second kappa shape index (κ2) is 16.6. The van der Waals surface area contributed by atoms with Gasteiger partial charge in [-0.05, 0) is 155 Å². The molecule has 0 fully saturated rings. The quantitative estimate of drug-likeness (QED) is 0.130. The fourth-order valence-electron chi connectivity index (χ4n) is 13.0. The van der Waals surface area contributed by atoms with Gasteiger partial charge in [0.2, 0.25) is 0 Å². The van der Waals surface area contributed by atoms with Crippen LogP contribution in [0.2, 0.25) is 0 Å². The molecule has 0 amide bonds. The van der Waals surface area contributed by atoms with E-state index in [1.54, 1.807) is 24.3 Å². The molecule has 5 heteroatoms. The van der Waals surface area contributed by atoms with Crippen LogP contribution in [0.15, 0.2) is 225 Å². The van der Waals surface area contributed by atoms with Gasteiger partial charge in [0.15, 0.2) is 23.3 Å². The van der Waals surface area contributed by atoms with E-state index in [2.05, 4.69) is 159 Å². The number of nitrogens with zero attached hydrogens (tertiary/aromatic N) is 1. The number of rotatable bonds is 9. The van der Waals surface area contributed by atoms with Gasteiger partial charge in [0.05, 0.1) is 16.5 Å². The predicted octanol–water partition coefficient (Wildman–Crippen LogP) is 18.0. The summed E-state index contributed by atoms with van der Waals surface area (Å²) in [6.45, 7) is 12.6. The lowest BCUT2D eigenvalue weighted by Crippen LogP contribution is -2.29. The molecule has 0 aliphatic heterocycles. The molecule has 0 spiro atoms. The summed E-state index contributed by atoms with van der Waals surface area (Å²) in [7, 11) is 0. The highest BCUT2D eigenvalue weighted by Gasteiger charge is 2.49. The summed E-state index contributed by atoms with van der Waals surface area (Å²) in [6.07, 6.45) is 3.59. The molecule has 0 N–H and O–H groups in total. The highest BCUT2D eigenvalue weighted by atomic mass is 19.2. The van der Waals surface area contributed by atoms with Gasteiger partial charge in [-0.1, -0.05) is 197 Å². The molecule has 3 aliphatic carbocycles. The fourth-order valence-corrected chi connectivity index (χ4v) is 13.0. The van der Waals surface area contributed by atoms with Crippen molar-refractivity contribution < 1.29 is 17.6 Å². The van der Waals surface area contributed by atoms with Gasteiger partial charge in [0.25, 0.3) is 0 Å². The largest absolute Gasteiger partial charge is 0.310 e. The molecule has 10 aromatic rings. The van der Waals surface area contributed by atoms with E-state index in [1.165, 1.54) is 35.4 Å². The first-order valence-electron chi connectivity index (χ1n) is 24.9. The Bertz CT molecular complexity index is 3770. The molecule has 0 aromatic heterocycles. The van der Waals surface area contributed by atoms with Gasteiger partial charge in [-0.2, -0.15) is 0 Å². The van der Waals surface area contributed by atoms with Crippen LogP contribution in [-0.2, 0) is 16.2 Å². The van der Waals surface area contributed by atoms with Crippen molar-refractivity contribution in [1.29, 1.82) is 0 Å². The van der Waals surface area contributed by atoms with Crippen LogP contribution in [0.1, 0.15) is 80.6 Å². The lowest BCUT2D eigenvalue weighted by atomic mass is 9.67. The van der Waals surface area contributed by atoms with E-state index in [0.29, 0.717) is 11.1 Å². The summed E-state index contributed by atoms with van der Waals surface area (Å²) < 4.78 is 62.0. The van der Waals surface area contributed by atoms with Gasteiger partial charge >= 0.3 is 0 Å².